The van der Waals surface area contributed by atoms with Crippen LogP contribution in [0, 0.1) is 0 Å². The standard InChI is InChI=1S/C18H19ClF3N3O3S/c19-13-10-12(18(20,21)22)8-11(9-14-16(27)23-17(28)29-14)15(13)25-3-1-2-24(4-5-25)6-7-26/h8-10,26H,1-7H2,(H,23,27,28)/b14-9-. The molecule has 2 fully saturated rings. The van der Waals surface area contributed by atoms with Crippen molar-refractivity contribution >= 4 is 46.3 Å². The number of β-amino-alcohol motifs (C(OH)–C–C–N with tert-alkyl or cyclic N) is 1. The van der Waals surface area contributed by atoms with Gasteiger partial charge in [-0.15, -0.1) is 0 Å². The van der Waals surface area contributed by atoms with E-state index in [9.17, 15) is 22.8 Å². The van der Waals surface area contributed by atoms with Gasteiger partial charge in [0, 0.05) is 31.7 Å². The molecule has 3 rings (SSSR count). The molecule has 1 aromatic rings. The zero-order chi connectivity index (χ0) is 21.2. The fraction of sp³-hybridized carbons (Fsp3) is 0.444. The van der Waals surface area contributed by atoms with Gasteiger partial charge in [-0.05, 0) is 42.9 Å². The lowest BCUT2D eigenvalue weighted by Crippen LogP contribution is -2.32. The number of carbonyl (C=O) groups excluding carboxylic acids is 2. The first-order valence-corrected chi connectivity index (χ1v) is 10.1. The van der Waals surface area contributed by atoms with Gasteiger partial charge in [0.05, 0.1) is 27.8 Å². The van der Waals surface area contributed by atoms with E-state index >= 15 is 0 Å². The van der Waals surface area contributed by atoms with Crippen LogP contribution in [0.1, 0.15) is 17.5 Å². The lowest BCUT2D eigenvalue weighted by atomic mass is 10.1. The number of anilines is 1. The van der Waals surface area contributed by atoms with Crippen LogP contribution in [-0.4, -0.2) is 60.5 Å². The molecule has 29 heavy (non-hydrogen) atoms. The van der Waals surface area contributed by atoms with Crippen molar-refractivity contribution in [3.63, 3.8) is 0 Å². The van der Waals surface area contributed by atoms with Gasteiger partial charge in [0.2, 0.25) is 0 Å². The molecule has 1 aromatic carbocycles. The maximum atomic E-state index is 13.3. The first-order chi connectivity index (χ1) is 13.7. The first-order valence-electron chi connectivity index (χ1n) is 8.93. The van der Waals surface area contributed by atoms with E-state index < -0.39 is 22.9 Å². The predicted octanol–water partition coefficient (Wildman–Crippen LogP) is 3.19. The van der Waals surface area contributed by atoms with Gasteiger partial charge in [-0.2, -0.15) is 13.2 Å². The number of rotatable bonds is 4. The highest BCUT2D eigenvalue weighted by Crippen LogP contribution is 2.40. The molecular formula is C18H19ClF3N3O3S. The number of nitrogens with zero attached hydrogens (tertiary/aromatic N) is 2. The highest BCUT2D eigenvalue weighted by Gasteiger charge is 2.33. The molecule has 0 atom stereocenters. The molecule has 0 saturated carbocycles. The highest BCUT2D eigenvalue weighted by molar-refractivity contribution is 8.18. The normalized spacial score (nSPS) is 20.3. The summed E-state index contributed by atoms with van der Waals surface area (Å²) >= 11 is 6.91. The quantitative estimate of drug-likeness (QED) is 0.688. The Balaban J connectivity index is 2.02. The summed E-state index contributed by atoms with van der Waals surface area (Å²) in [5.41, 5.74) is -0.400. The molecule has 2 amide bonds. The number of thioether (sulfide) groups is 1. The van der Waals surface area contributed by atoms with Crippen LogP contribution in [0.5, 0.6) is 0 Å². The number of nitrogens with one attached hydrogen (secondary N) is 1. The lowest BCUT2D eigenvalue weighted by Gasteiger charge is -2.27. The lowest BCUT2D eigenvalue weighted by molar-refractivity contribution is -0.137. The molecule has 0 aliphatic carbocycles. The van der Waals surface area contributed by atoms with Crippen LogP contribution >= 0.6 is 23.4 Å². The number of aliphatic hydroxyl groups is 1. The fourth-order valence-corrected chi connectivity index (χ4v) is 4.37. The van der Waals surface area contributed by atoms with Crippen molar-refractivity contribution in [1.29, 1.82) is 0 Å². The zero-order valence-corrected chi connectivity index (χ0v) is 16.8. The van der Waals surface area contributed by atoms with Gasteiger partial charge < -0.3 is 10.0 Å². The van der Waals surface area contributed by atoms with Crippen LogP contribution in [0.2, 0.25) is 5.02 Å². The van der Waals surface area contributed by atoms with Crippen LogP contribution in [0.4, 0.5) is 23.7 Å². The Kier molecular flexibility index (Phi) is 6.77. The molecular weight excluding hydrogens is 431 g/mol. The average Bonchev–Trinajstić information content (AvgIpc) is 2.80. The molecule has 2 heterocycles. The van der Waals surface area contributed by atoms with Crippen molar-refractivity contribution in [2.75, 3.05) is 44.2 Å². The summed E-state index contributed by atoms with van der Waals surface area (Å²) in [7, 11) is 0. The Morgan fingerprint density at radius 1 is 1.21 bits per heavy atom. The summed E-state index contributed by atoms with van der Waals surface area (Å²) in [6.45, 7) is 2.96. The molecule has 158 valence electrons. The number of imide groups is 1. The van der Waals surface area contributed by atoms with Gasteiger partial charge in [0.25, 0.3) is 11.1 Å². The smallest absolute Gasteiger partial charge is 0.395 e. The van der Waals surface area contributed by atoms with Crippen LogP contribution in [0.15, 0.2) is 17.0 Å². The monoisotopic (exact) mass is 449 g/mol. The Morgan fingerprint density at radius 2 is 1.97 bits per heavy atom. The van der Waals surface area contributed by atoms with E-state index in [1.165, 1.54) is 6.08 Å². The van der Waals surface area contributed by atoms with Crippen molar-refractivity contribution < 1.29 is 27.9 Å². The summed E-state index contributed by atoms with van der Waals surface area (Å²) < 4.78 is 39.9. The minimum atomic E-state index is -4.60. The predicted molar refractivity (Wildman–Crippen MR) is 106 cm³/mol. The first kappa shape index (κ1) is 21.9. The second-order valence-corrected chi connectivity index (χ2v) is 8.07. The third-order valence-corrected chi connectivity index (χ3v) is 5.77. The van der Waals surface area contributed by atoms with Crippen molar-refractivity contribution in [3.05, 3.63) is 33.2 Å². The van der Waals surface area contributed by atoms with Gasteiger partial charge in [-0.3, -0.25) is 19.8 Å². The molecule has 11 heteroatoms. The van der Waals surface area contributed by atoms with Crippen LogP contribution in [-0.2, 0) is 11.0 Å². The van der Waals surface area contributed by atoms with E-state index in [1.54, 1.807) is 0 Å². The number of aliphatic hydroxyl groups excluding tert-OH is 1. The number of benzene rings is 1. The number of hydrogen-bond acceptors (Lipinski definition) is 6. The maximum absolute atomic E-state index is 13.3. The molecule has 2 N–H and O–H groups in total. The summed E-state index contributed by atoms with van der Waals surface area (Å²) in [4.78, 5) is 27.3. The molecule has 0 aromatic heterocycles. The summed E-state index contributed by atoms with van der Waals surface area (Å²) in [6, 6.07) is 1.82. The van der Waals surface area contributed by atoms with Crippen molar-refractivity contribution in [2.45, 2.75) is 12.6 Å². The minimum absolute atomic E-state index is 0.0170. The largest absolute Gasteiger partial charge is 0.416 e. The third-order valence-electron chi connectivity index (χ3n) is 4.67. The van der Waals surface area contributed by atoms with Crippen LogP contribution < -0.4 is 10.2 Å². The molecule has 2 saturated heterocycles. The van der Waals surface area contributed by atoms with E-state index in [1.807, 2.05) is 4.90 Å². The second kappa shape index (κ2) is 8.95. The molecule has 0 spiro atoms. The van der Waals surface area contributed by atoms with Crippen molar-refractivity contribution in [2.24, 2.45) is 0 Å². The minimum Gasteiger partial charge on any atom is -0.395 e. The average molecular weight is 450 g/mol. The van der Waals surface area contributed by atoms with Gasteiger partial charge in [0.1, 0.15) is 0 Å². The number of alkyl halides is 3. The Morgan fingerprint density at radius 3 is 2.59 bits per heavy atom. The molecule has 0 radical (unpaired) electrons. The summed E-state index contributed by atoms with van der Waals surface area (Å²) in [5, 5.41) is 10.6. The highest BCUT2D eigenvalue weighted by atomic mass is 35.5. The topological polar surface area (TPSA) is 72.9 Å². The molecule has 6 nitrogen and oxygen atoms in total. The maximum Gasteiger partial charge on any atom is 0.416 e. The van der Waals surface area contributed by atoms with Gasteiger partial charge in [-0.25, -0.2) is 0 Å². The molecule has 0 bridgehead atoms. The van der Waals surface area contributed by atoms with Crippen LogP contribution in [0.25, 0.3) is 6.08 Å². The number of amides is 2. The Bertz CT molecular complexity index is 848. The molecule has 2 aliphatic rings. The number of hydrogen-bond donors (Lipinski definition) is 2. The van der Waals surface area contributed by atoms with Crippen molar-refractivity contribution in [3.8, 4) is 0 Å². The molecule has 0 unspecified atom stereocenters. The fourth-order valence-electron chi connectivity index (χ4n) is 3.35. The van der Waals surface area contributed by atoms with E-state index in [4.69, 9.17) is 16.7 Å². The molecule has 2 aliphatic heterocycles. The van der Waals surface area contributed by atoms with E-state index in [0.717, 1.165) is 25.1 Å². The second-order valence-electron chi connectivity index (χ2n) is 6.65. The number of carbonyl (C=O) groups is 2. The van der Waals surface area contributed by atoms with Gasteiger partial charge >= 0.3 is 6.18 Å². The van der Waals surface area contributed by atoms with Gasteiger partial charge in [-0.1, -0.05) is 11.6 Å². The summed E-state index contributed by atoms with van der Waals surface area (Å²) in [6.07, 6.45) is -2.59. The zero-order valence-electron chi connectivity index (χ0n) is 15.3. The third kappa shape index (κ3) is 5.25. The summed E-state index contributed by atoms with van der Waals surface area (Å²) in [5.74, 6) is -0.649. The SMILES string of the molecule is O=C1NC(=O)/C(=C/c2cc(C(F)(F)F)cc(Cl)c2N2CCCN(CCO)CC2)S1. The van der Waals surface area contributed by atoms with Crippen molar-refractivity contribution in [1.82, 2.24) is 10.2 Å². The Labute approximate surface area is 174 Å². The Hall–Kier alpha value is -1.75. The van der Waals surface area contributed by atoms with E-state index in [2.05, 4.69) is 10.2 Å². The number of halogens is 4. The van der Waals surface area contributed by atoms with E-state index in [0.29, 0.717) is 43.6 Å². The van der Waals surface area contributed by atoms with Gasteiger partial charge in [0.15, 0.2) is 0 Å². The van der Waals surface area contributed by atoms with E-state index in [-0.39, 0.29) is 22.1 Å². The van der Waals surface area contributed by atoms with Crippen LogP contribution in [0.3, 0.4) is 0 Å².